The predicted molar refractivity (Wildman–Crippen MR) is 94.4 cm³/mol. The van der Waals surface area contributed by atoms with E-state index in [9.17, 15) is 0 Å². The molecule has 5 heteroatoms. The van der Waals surface area contributed by atoms with Crippen LogP contribution in [0.4, 0.5) is 0 Å². The van der Waals surface area contributed by atoms with Crippen LogP contribution >= 0.6 is 0 Å². The number of hydrogen-bond donors (Lipinski definition) is 2. The smallest absolute Gasteiger partial charge is 0.161 e. The van der Waals surface area contributed by atoms with Gasteiger partial charge in [-0.15, -0.1) is 0 Å². The molecule has 1 aromatic rings. The molecule has 5 nitrogen and oxygen atoms in total. The lowest BCUT2D eigenvalue weighted by atomic mass is 10.2. The van der Waals surface area contributed by atoms with Gasteiger partial charge in [0.25, 0.3) is 0 Å². The summed E-state index contributed by atoms with van der Waals surface area (Å²) in [6.45, 7) is 14.2. The monoisotopic (exact) mass is 321 g/mol. The topological polar surface area (TPSA) is 45.8 Å². The summed E-state index contributed by atoms with van der Waals surface area (Å²) in [5, 5.41) is 6.90. The second kappa shape index (κ2) is 9.75. The summed E-state index contributed by atoms with van der Waals surface area (Å²) in [5.74, 6) is 1.66. The number of nitrogens with one attached hydrogen (secondary N) is 2. The van der Waals surface area contributed by atoms with Crippen molar-refractivity contribution in [2.75, 3.05) is 45.9 Å². The maximum Gasteiger partial charge on any atom is 0.161 e. The maximum absolute atomic E-state index is 5.80. The van der Waals surface area contributed by atoms with Crippen molar-refractivity contribution in [3.05, 3.63) is 23.8 Å². The van der Waals surface area contributed by atoms with Gasteiger partial charge < -0.3 is 20.1 Å². The van der Waals surface area contributed by atoms with Crippen LogP contribution in [-0.4, -0.2) is 56.9 Å². The lowest BCUT2D eigenvalue weighted by molar-refractivity contribution is 0.223. The van der Waals surface area contributed by atoms with Gasteiger partial charge in [-0.25, -0.2) is 0 Å². The van der Waals surface area contributed by atoms with Gasteiger partial charge in [0.05, 0.1) is 12.7 Å². The zero-order valence-electron chi connectivity index (χ0n) is 14.7. The third-order valence-corrected chi connectivity index (χ3v) is 3.81. The summed E-state index contributed by atoms with van der Waals surface area (Å²) < 4.78 is 11.5. The number of hydrogen-bond acceptors (Lipinski definition) is 5. The Morgan fingerprint density at radius 1 is 1.22 bits per heavy atom. The summed E-state index contributed by atoms with van der Waals surface area (Å²) in [6, 6.07) is 6.20. The van der Waals surface area contributed by atoms with Crippen molar-refractivity contribution in [1.29, 1.82) is 0 Å². The summed E-state index contributed by atoms with van der Waals surface area (Å²) >= 11 is 0. The van der Waals surface area contributed by atoms with Gasteiger partial charge in [0.1, 0.15) is 0 Å². The van der Waals surface area contributed by atoms with Crippen molar-refractivity contribution in [1.82, 2.24) is 15.5 Å². The minimum Gasteiger partial charge on any atom is -0.490 e. The molecule has 0 aromatic heterocycles. The van der Waals surface area contributed by atoms with Gasteiger partial charge >= 0.3 is 0 Å². The molecule has 2 N–H and O–H groups in total. The van der Waals surface area contributed by atoms with E-state index >= 15 is 0 Å². The second-order valence-electron chi connectivity index (χ2n) is 6.15. The number of nitrogens with zero attached hydrogens (tertiary/aromatic N) is 1. The average Bonchev–Trinajstić information content (AvgIpc) is 2.55. The van der Waals surface area contributed by atoms with E-state index in [-0.39, 0.29) is 6.10 Å². The first-order valence-electron chi connectivity index (χ1n) is 8.75. The van der Waals surface area contributed by atoms with Gasteiger partial charge in [-0.3, -0.25) is 4.90 Å². The Morgan fingerprint density at radius 2 is 2.00 bits per heavy atom. The highest BCUT2D eigenvalue weighted by Gasteiger charge is 2.10. The molecule has 0 spiro atoms. The molecule has 0 bridgehead atoms. The first-order chi connectivity index (χ1) is 11.2. The summed E-state index contributed by atoms with van der Waals surface area (Å²) in [4.78, 5) is 2.49. The average molecular weight is 321 g/mol. The van der Waals surface area contributed by atoms with Crippen molar-refractivity contribution in [2.24, 2.45) is 0 Å². The number of benzene rings is 1. The molecule has 130 valence electrons. The maximum atomic E-state index is 5.80. The molecule has 0 aliphatic carbocycles. The van der Waals surface area contributed by atoms with Gasteiger partial charge in [-0.2, -0.15) is 0 Å². The lowest BCUT2D eigenvalue weighted by Gasteiger charge is -2.27. The summed E-state index contributed by atoms with van der Waals surface area (Å²) in [5.41, 5.74) is 1.23. The highest BCUT2D eigenvalue weighted by Crippen LogP contribution is 2.29. The van der Waals surface area contributed by atoms with Gasteiger partial charge in [0.2, 0.25) is 0 Å². The lowest BCUT2D eigenvalue weighted by Crippen LogP contribution is -2.45. The van der Waals surface area contributed by atoms with Crippen LogP contribution in [0.2, 0.25) is 0 Å². The van der Waals surface area contributed by atoms with E-state index in [1.54, 1.807) is 0 Å². The molecule has 0 atom stereocenters. The van der Waals surface area contributed by atoms with Crippen molar-refractivity contribution in [3.8, 4) is 11.5 Å². The number of piperazine rings is 1. The molecule has 1 aliphatic heterocycles. The molecule has 1 heterocycles. The minimum atomic E-state index is 0.150. The van der Waals surface area contributed by atoms with E-state index in [4.69, 9.17) is 9.47 Å². The van der Waals surface area contributed by atoms with Gasteiger partial charge in [-0.1, -0.05) is 6.07 Å². The van der Waals surface area contributed by atoms with Crippen molar-refractivity contribution in [2.45, 2.75) is 33.4 Å². The standard InChI is InChI=1S/C18H31N3O2/c1-4-22-18-13-16(5-6-17(18)23-15(2)3)14-20-9-12-21-10-7-19-8-11-21/h5-6,13,15,19-20H,4,7-12,14H2,1-3H3. The van der Waals surface area contributed by atoms with Crippen molar-refractivity contribution >= 4 is 0 Å². The van der Waals surface area contributed by atoms with Crippen molar-refractivity contribution in [3.63, 3.8) is 0 Å². The predicted octanol–water partition coefficient (Wildman–Crippen LogP) is 1.87. The van der Waals surface area contributed by atoms with Crippen LogP contribution in [0.5, 0.6) is 11.5 Å². The van der Waals surface area contributed by atoms with Gasteiger partial charge in [-0.05, 0) is 38.5 Å². The Labute approximate surface area is 140 Å². The van der Waals surface area contributed by atoms with Crippen LogP contribution in [0, 0.1) is 0 Å². The molecular formula is C18H31N3O2. The van der Waals surface area contributed by atoms with Gasteiger partial charge in [0, 0.05) is 45.8 Å². The fraction of sp³-hybridized carbons (Fsp3) is 0.667. The van der Waals surface area contributed by atoms with E-state index in [2.05, 4.69) is 27.7 Å². The molecule has 1 aliphatic rings. The zero-order chi connectivity index (χ0) is 16.5. The third-order valence-electron chi connectivity index (χ3n) is 3.81. The first-order valence-corrected chi connectivity index (χ1v) is 8.75. The highest BCUT2D eigenvalue weighted by atomic mass is 16.5. The van der Waals surface area contributed by atoms with E-state index in [0.29, 0.717) is 6.61 Å². The normalized spacial score (nSPS) is 15.8. The van der Waals surface area contributed by atoms with Crippen LogP contribution in [0.3, 0.4) is 0 Å². The van der Waals surface area contributed by atoms with E-state index in [0.717, 1.165) is 57.3 Å². The number of rotatable bonds is 9. The Morgan fingerprint density at radius 3 is 2.70 bits per heavy atom. The van der Waals surface area contributed by atoms with Crippen molar-refractivity contribution < 1.29 is 9.47 Å². The molecule has 1 saturated heterocycles. The molecule has 2 rings (SSSR count). The fourth-order valence-electron chi connectivity index (χ4n) is 2.69. The Bertz CT molecular complexity index is 460. The SMILES string of the molecule is CCOc1cc(CNCCN2CCNCC2)ccc1OC(C)C. The van der Waals surface area contributed by atoms with Crippen LogP contribution in [-0.2, 0) is 6.54 Å². The largest absolute Gasteiger partial charge is 0.490 e. The van der Waals surface area contributed by atoms with Gasteiger partial charge in [0.15, 0.2) is 11.5 Å². The molecule has 0 saturated carbocycles. The van der Waals surface area contributed by atoms with Crippen LogP contribution in [0.25, 0.3) is 0 Å². The van der Waals surface area contributed by atoms with Crippen LogP contribution in [0.1, 0.15) is 26.3 Å². The highest BCUT2D eigenvalue weighted by molar-refractivity contribution is 5.43. The Hall–Kier alpha value is -1.30. The summed E-state index contributed by atoms with van der Waals surface area (Å²) in [6.07, 6.45) is 0.150. The molecular weight excluding hydrogens is 290 g/mol. The Balaban J connectivity index is 1.80. The first kappa shape index (κ1) is 18.0. The second-order valence-corrected chi connectivity index (χ2v) is 6.15. The number of ether oxygens (including phenoxy) is 2. The summed E-state index contributed by atoms with van der Waals surface area (Å²) in [7, 11) is 0. The van der Waals surface area contributed by atoms with E-state index in [1.807, 2.05) is 26.8 Å². The van der Waals surface area contributed by atoms with E-state index < -0.39 is 0 Å². The third kappa shape index (κ3) is 6.37. The fourth-order valence-corrected chi connectivity index (χ4v) is 2.69. The Kier molecular flexibility index (Phi) is 7.65. The molecule has 0 radical (unpaired) electrons. The molecule has 0 unspecified atom stereocenters. The van der Waals surface area contributed by atoms with Crippen LogP contribution < -0.4 is 20.1 Å². The van der Waals surface area contributed by atoms with Crippen LogP contribution in [0.15, 0.2) is 18.2 Å². The molecule has 0 amide bonds. The quantitative estimate of drug-likeness (QED) is 0.680. The zero-order valence-corrected chi connectivity index (χ0v) is 14.7. The molecule has 1 fully saturated rings. The minimum absolute atomic E-state index is 0.150. The molecule has 1 aromatic carbocycles. The molecule has 23 heavy (non-hydrogen) atoms. The van der Waals surface area contributed by atoms with E-state index in [1.165, 1.54) is 5.56 Å².